The number of anilines is 3. The van der Waals surface area contributed by atoms with E-state index in [0.717, 1.165) is 18.8 Å². The number of nitrogens with one attached hydrogen (secondary N) is 2. The molecule has 8 nitrogen and oxygen atoms in total. The average molecular weight is 440 g/mol. The molecule has 2 N–H and O–H groups in total. The van der Waals surface area contributed by atoms with Crippen molar-refractivity contribution in [3.05, 3.63) is 53.1 Å². The Bertz CT molecular complexity index is 1240. The van der Waals surface area contributed by atoms with Crippen LogP contribution in [0.4, 0.5) is 22.0 Å². The highest BCUT2D eigenvalue weighted by Crippen LogP contribution is 2.32. The number of halogens is 2. The third-order valence-corrected chi connectivity index (χ3v) is 5.30. The number of ether oxygens (including phenoxy) is 1. The zero-order chi connectivity index (χ0) is 21.4. The van der Waals surface area contributed by atoms with Crippen molar-refractivity contribution in [1.29, 1.82) is 0 Å². The molecule has 1 fully saturated rings. The monoisotopic (exact) mass is 439 g/mol. The van der Waals surface area contributed by atoms with Crippen LogP contribution in [0.25, 0.3) is 22.4 Å². The van der Waals surface area contributed by atoms with Crippen molar-refractivity contribution in [3.8, 4) is 11.4 Å². The number of benzene rings is 1. The first-order valence-electron chi connectivity index (χ1n) is 9.83. The molecule has 1 saturated heterocycles. The van der Waals surface area contributed by atoms with Gasteiger partial charge in [0.2, 0.25) is 5.95 Å². The first-order valence-corrected chi connectivity index (χ1v) is 10.2. The predicted molar refractivity (Wildman–Crippen MR) is 117 cm³/mol. The van der Waals surface area contributed by atoms with Gasteiger partial charge in [-0.3, -0.25) is 0 Å². The van der Waals surface area contributed by atoms with Gasteiger partial charge in [-0.05, 0) is 25.1 Å². The van der Waals surface area contributed by atoms with Crippen LogP contribution >= 0.6 is 11.6 Å². The molecule has 0 amide bonds. The predicted octanol–water partition coefficient (Wildman–Crippen LogP) is 4.10. The van der Waals surface area contributed by atoms with Crippen molar-refractivity contribution < 1.29 is 9.13 Å². The summed E-state index contributed by atoms with van der Waals surface area (Å²) in [7, 11) is 0. The third-order valence-electron chi connectivity index (χ3n) is 4.99. The number of imidazole rings is 1. The van der Waals surface area contributed by atoms with Gasteiger partial charge >= 0.3 is 0 Å². The number of H-pyrrole nitrogens is 1. The molecular formula is C21H19ClFN7O. The van der Waals surface area contributed by atoms with Crippen LogP contribution < -0.4 is 10.2 Å². The minimum absolute atomic E-state index is 0.221. The van der Waals surface area contributed by atoms with Crippen LogP contribution in [0.1, 0.15) is 5.69 Å². The highest BCUT2D eigenvalue weighted by molar-refractivity contribution is 6.33. The van der Waals surface area contributed by atoms with Gasteiger partial charge in [0.15, 0.2) is 5.82 Å². The number of hydrogen-bond acceptors (Lipinski definition) is 7. The van der Waals surface area contributed by atoms with Gasteiger partial charge in [-0.1, -0.05) is 17.7 Å². The van der Waals surface area contributed by atoms with Gasteiger partial charge in [-0.2, -0.15) is 4.98 Å². The molecular weight excluding hydrogens is 421 g/mol. The topological polar surface area (TPSA) is 91.9 Å². The lowest BCUT2D eigenvalue weighted by Crippen LogP contribution is -2.37. The van der Waals surface area contributed by atoms with Crippen molar-refractivity contribution in [2.45, 2.75) is 6.92 Å². The number of hydrogen-bond donors (Lipinski definition) is 2. The van der Waals surface area contributed by atoms with Crippen LogP contribution in [-0.4, -0.2) is 51.2 Å². The van der Waals surface area contributed by atoms with Gasteiger partial charge in [0.1, 0.15) is 23.0 Å². The van der Waals surface area contributed by atoms with E-state index in [2.05, 4.69) is 35.1 Å². The van der Waals surface area contributed by atoms with Gasteiger partial charge in [-0.15, -0.1) is 0 Å². The highest BCUT2D eigenvalue weighted by atomic mass is 35.5. The van der Waals surface area contributed by atoms with E-state index < -0.39 is 5.82 Å². The second-order valence-corrected chi connectivity index (χ2v) is 7.56. The molecule has 10 heteroatoms. The smallest absolute Gasteiger partial charge is 0.227 e. The molecule has 0 aliphatic carbocycles. The quantitative estimate of drug-likeness (QED) is 0.494. The number of aromatic nitrogens is 5. The molecule has 5 rings (SSSR count). The SMILES string of the molecule is Cc1cc(Nc2nccc3nc(-c4c(F)cccc4Cl)[nH]c23)nc(N2CCOCC2)n1. The Morgan fingerprint density at radius 1 is 1.16 bits per heavy atom. The van der Waals surface area contributed by atoms with Gasteiger partial charge in [0, 0.05) is 31.0 Å². The van der Waals surface area contributed by atoms with Gasteiger partial charge in [0.05, 0.1) is 29.3 Å². The number of morpholine rings is 1. The fourth-order valence-corrected chi connectivity index (χ4v) is 3.77. The summed E-state index contributed by atoms with van der Waals surface area (Å²) < 4.78 is 19.8. The Morgan fingerprint density at radius 2 is 2.00 bits per heavy atom. The van der Waals surface area contributed by atoms with E-state index >= 15 is 0 Å². The molecule has 0 unspecified atom stereocenters. The lowest BCUT2D eigenvalue weighted by atomic mass is 10.2. The Hall–Kier alpha value is -3.30. The van der Waals surface area contributed by atoms with Crippen LogP contribution in [0.2, 0.25) is 5.02 Å². The fraction of sp³-hybridized carbons (Fsp3) is 0.238. The Morgan fingerprint density at radius 3 is 2.81 bits per heavy atom. The third kappa shape index (κ3) is 3.89. The van der Waals surface area contributed by atoms with Gasteiger partial charge in [-0.25, -0.2) is 19.3 Å². The normalized spacial score (nSPS) is 14.2. The summed E-state index contributed by atoms with van der Waals surface area (Å²) >= 11 is 6.21. The summed E-state index contributed by atoms with van der Waals surface area (Å²) in [6.45, 7) is 4.69. The molecule has 31 heavy (non-hydrogen) atoms. The van der Waals surface area contributed by atoms with E-state index in [1.807, 2.05) is 13.0 Å². The minimum Gasteiger partial charge on any atom is -0.378 e. The number of rotatable bonds is 4. The second-order valence-electron chi connectivity index (χ2n) is 7.15. The highest BCUT2D eigenvalue weighted by Gasteiger charge is 2.18. The summed E-state index contributed by atoms with van der Waals surface area (Å²) in [5, 5.41) is 3.52. The van der Waals surface area contributed by atoms with Crippen molar-refractivity contribution in [3.63, 3.8) is 0 Å². The molecule has 0 bridgehead atoms. The summed E-state index contributed by atoms with van der Waals surface area (Å²) in [6, 6.07) is 8.13. The molecule has 1 aliphatic heterocycles. The average Bonchev–Trinajstić information content (AvgIpc) is 3.19. The number of pyridine rings is 1. The molecule has 0 atom stereocenters. The van der Waals surface area contributed by atoms with Crippen molar-refractivity contribution >= 4 is 40.2 Å². The summed E-state index contributed by atoms with van der Waals surface area (Å²) in [5.74, 6) is 1.66. The maximum Gasteiger partial charge on any atom is 0.227 e. The number of aryl methyl sites for hydroxylation is 1. The zero-order valence-electron chi connectivity index (χ0n) is 16.7. The number of nitrogens with zero attached hydrogens (tertiary/aromatic N) is 5. The maximum absolute atomic E-state index is 14.4. The molecule has 158 valence electrons. The fourth-order valence-electron chi connectivity index (χ4n) is 3.52. The van der Waals surface area contributed by atoms with Crippen LogP contribution in [-0.2, 0) is 4.74 Å². The van der Waals surface area contributed by atoms with E-state index in [4.69, 9.17) is 16.3 Å². The zero-order valence-corrected chi connectivity index (χ0v) is 17.4. The second kappa shape index (κ2) is 8.09. The van der Waals surface area contributed by atoms with E-state index in [9.17, 15) is 4.39 Å². The number of fused-ring (bicyclic) bond motifs is 1. The summed E-state index contributed by atoms with van der Waals surface area (Å²) in [4.78, 5) is 23.3. The van der Waals surface area contributed by atoms with Gasteiger partial charge in [0.25, 0.3) is 0 Å². The summed E-state index contributed by atoms with van der Waals surface area (Å²) in [5.41, 5.74) is 2.31. The first-order chi connectivity index (χ1) is 15.1. The Kier molecular flexibility index (Phi) is 5.13. The molecule has 0 saturated carbocycles. The molecule has 1 aliphatic rings. The van der Waals surface area contributed by atoms with E-state index in [1.165, 1.54) is 6.07 Å². The Labute approximate surface area is 182 Å². The standard InChI is InChI=1S/C21H19ClFN7O/c1-12-11-16(28-21(25-12)30-7-9-31-10-8-30)27-20-18-15(5-6-24-20)26-19(29-18)17-13(22)3-2-4-14(17)23/h2-6,11H,7-10H2,1H3,(H,26,29)(H,24,25,27,28). The largest absolute Gasteiger partial charge is 0.378 e. The van der Waals surface area contributed by atoms with Crippen LogP contribution in [0.5, 0.6) is 0 Å². The van der Waals surface area contributed by atoms with E-state index in [1.54, 1.807) is 24.4 Å². The van der Waals surface area contributed by atoms with E-state index in [0.29, 0.717) is 47.7 Å². The van der Waals surface area contributed by atoms with E-state index in [-0.39, 0.29) is 10.6 Å². The van der Waals surface area contributed by atoms with Crippen molar-refractivity contribution in [2.75, 3.05) is 36.5 Å². The maximum atomic E-state index is 14.4. The molecule has 4 heterocycles. The lowest BCUT2D eigenvalue weighted by Gasteiger charge is -2.27. The Balaban J connectivity index is 1.51. The first kappa shape index (κ1) is 19.7. The molecule has 0 spiro atoms. The summed E-state index contributed by atoms with van der Waals surface area (Å²) in [6.07, 6.45) is 1.63. The molecule has 4 aromatic rings. The number of aromatic amines is 1. The molecule has 1 aromatic carbocycles. The van der Waals surface area contributed by atoms with Gasteiger partial charge < -0.3 is 19.9 Å². The van der Waals surface area contributed by atoms with Crippen LogP contribution in [0, 0.1) is 12.7 Å². The van der Waals surface area contributed by atoms with Crippen LogP contribution in [0.3, 0.4) is 0 Å². The van der Waals surface area contributed by atoms with Crippen molar-refractivity contribution in [2.24, 2.45) is 0 Å². The molecule has 0 radical (unpaired) electrons. The molecule has 3 aromatic heterocycles. The minimum atomic E-state index is -0.449. The lowest BCUT2D eigenvalue weighted by molar-refractivity contribution is 0.122. The van der Waals surface area contributed by atoms with Crippen molar-refractivity contribution in [1.82, 2.24) is 24.9 Å². The van der Waals surface area contributed by atoms with Crippen LogP contribution in [0.15, 0.2) is 36.5 Å².